The molecule has 74 valence electrons. The lowest BCUT2D eigenvalue weighted by Gasteiger charge is -2.21. The van der Waals surface area contributed by atoms with E-state index < -0.39 is 5.82 Å². The van der Waals surface area contributed by atoms with Gasteiger partial charge in [0.15, 0.2) is 0 Å². The standard InChI is InChI=1S/C9H9FN2OS/c1-2-7-8(13)12-6-3-5(10)4-11-9(6)14-7/h3-4,7H,2H2,1H3,(H,12,13). The van der Waals surface area contributed by atoms with E-state index in [1.165, 1.54) is 17.8 Å². The van der Waals surface area contributed by atoms with E-state index in [9.17, 15) is 9.18 Å². The average Bonchev–Trinajstić information content (AvgIpc) is 2.16. The summed E-state index contributed by atoms with van der Waals surface area (Å²) in [4.78, 5) is 15.3. The molecule has 0 radical (unpaired) electrons. The molecule has 0 aromatic carbocycles. The fourth-order valence-corrected chi connectivity index (χ4v) is 2.23. The van der Waals surface area contributed by atoms with Crippen molar-refractivity contribution in [1.82, 2.24) is 4.98 Å². The lowest BCUT2D eigenvalue weighted by atomic mass is 10.3. The second kappa shape index (κ2) is 3.57. The van der Waals surface area contributed by atoms with Gasteiger partial charge in [0.05, 0.1) is 17.1 Å². The van der Waals surface area contributed by atoms with Crippen LogP contribution < -0.4 is 5.32 Å². The van der Waals surface area contributed by atoms with Gasteiger partial charge in [0.2, 0.25) is 5.91 Å². The minimum absolute atomic E-state index is 0.0719. The fraction of sp³-hybridized carbons (Fsp3) is 0.333. The molecule has 0 spiro atoms. The van der Waals surface area contributed by atoms with E-state index in [0.29, 0.717) is 10.7 Å². The molecule has 3 nitrogen and oxygen atoms in total. The Kier molecular flexibility index (Phi) is 2.41. The Hall–Kier alpha value is -1.10. The van der Waals surface area contributed by atoms with Crippen LogP contribution in [-0.2, 0) is 4.79 Å². The monoisotopic (exact) mass is 212 g/mol. The van der Waals surface area contributed by atoms with Crippen LogP contribution in [0.4, 0.5) is 10.1 Å². The summed E-state index contributed by atoms with van der Waals surface area (Å²) in [6.45, 7) is 1.94. The van der Waals surface area contributed by atoms with Crippen molar-refractivity contribution in [3.8, 4) is 0 Å². The molecule has 2 rings (SSSR count). The molecule has 1 aromatic rings. The number of anilines is 1. The van der Waals surface area contributed by atoms with Crippen molar-refractivity contribution in [2.45, 2.75) is 23.6 Å². The van der Waals surface area contributed by atoms with Crippen LogP contribution in [-0.4, -0.2) is 16.1 Å². The molecule has 0 saturated carbocycles. The number of aromatic nitrogens is 1. The fourth-order valence-electron chi connectivity index (χ4n) is 1.28. The van der Waals surface area contributed by atoms with Crippen LogP contribution in [0, 0.1) is 5.82 Å². The number of fused-ring (bicyclic) bond motifs is 1. The Morgan fingerprint density at radius 3 is 3.21 bits per heavy atom. The molecule has 1 atom stereocenters. The Balaban J connectivity index is 2.35. The SMILES string of the molecule is CCC1Sc2ncc(F)cc2NC1=O. The molecular weight excluding hydrogens is 203 g/mol. The van der Waals surface area contributed by atoms with E-state index in [2.05, 4.69) is 10.3 Å². The minimum atomic E-state index is -0.431. The number of nitrogens with one attached hydrogen (secondary N) is 1. The van der Waals surface area contributed by atoms with Gasteiger partial charge in [-0.3, -0.25) is 4.79 Å². The smallest absolute Gasteiger partial charge is 0.237 e. The summed E-state index contributed by atoms with van der Waals surface area (Å²) >= 11 is 1.38. The number of amides is 1. The van der Waals surface area contributed by atoms with Gasteiger partial charge in [-0.25, -0.2) is 9.37 Å². The average molecular weight is 212 g/mol. The van der Waals surface area contributed by atoms with Crippen LogP contribution in [0.25, 0.3) is 0 Å². The van der Waals surface area contributed by atoms with Crippen molar-refractivity contribution >= 4 is 23.4 Å². The van der Waals surface area contributed by atoms with Gasteiger partial charge in [0, 0.05) is 6.07 Å². The number of hydrogen-bond donors (Lipinski definition) is 1. The van der Waals surface area contributed by atoms with Crippen molar-refractivity contribution in [3.05, 3.63) is 18.1 Å². The first kappa shape index (κ1) is 9.45. The second-order valence-corrected chi connectivity index (χ2v) is 4.20. The predicted molar refractivity (Wildman–Crippen MR) is 52.8 cm³/mol. The molecule has 0 bridgehead atoms. The van der Waals surface area contributed by atoms with Crippen molar-refractivity contribution in [3.63, 3.8) is 0 Å². The molecule has 14 heavy (non-hydrogen) atoms. The highest BCUT2D eigenvalue weighted by molar-refractivity contribution is 8.00. The van der Waals surface area contributed by atoms with Crippen molar-refractivity contribution in [1.29, 1.82) is 0 Å². The van der Waals surface area contributed by atoms with E-state index in [1.807, 2.05) is 6.92 Å². The molecule has 1 aliphatic rings. The van der Waals surface area contributed by atoms with E-state index in [1.54, 1.807) is 0 Å². The van der Waals surface area contributed by atoms with Crippen LogP contribution in [0.1, 0.15) is 13.3 Å². The van der Waals surface area contributed by atoms with Gasteiger partial charge in [-0.1, -0.05) is 18.7 Å². The largest absolute Gasteiger partial charge is 0.323 e. The van der Waals surface area contributed by atoms with Gasteiger partial charge in [-0.15, -0.1) is 0 Å². The highest BCUT2D eigenvalue weighted by Gasteiger charge is 2.26. The van der Waals surface area contributed by atoms with Gasteiger partial charge >= 0.3 is 0 Å². The molecule has 0 aliphatic carbocycles. The number of carbonyl (C=O) groups is 1. The third-order valence-electron chi connectivity index (χ3n) is 1.99. The van der Waals surface area contributed by atoms with Gasteiger partial charge in [-0.05, 0) is 6.42 Å². The number of hydrogen-bond acceptors (Lipinski definition) is 3. The lowest BCUT2D eigenvalue weighted by molar-refractivity contribution is -0.115. The zero-order valence-electron chi connectivity index (χ0n) is 7.58. The lowest BCUT2D eigenvalue weighted by Crippen LogP contribution is -2.28. The second-order valence-electron chi connectivity index (χ2n) is 3.01. The van der Waals surface area contributed by atoms with Gasteiger partial charge in [0.1, 0.15) is 10.8 Å². The van der Waals surface area contributed by atoms with E-state index in [-0.39, 0.29) is 11.2 Å². The summed E-state index contributed by atoms with van der Waals surface area (Å²) in [5.41, 5.74) is 0.477. The maximum absolute atomic E-state index is 12.8. The number of nitrogens with zero attached hydrogens (tertiary/aromatic N) is 1. The quantitative estimate of drug-likeness (QED) is 0.774. The molecule has 2 heterocycles. The van der Waals surface area contributed by atoms with Gasteiger partial charge in [0.25, 0.3) is 0 Å². The van der Waals surface area contributed by atoms with Crippen molar-refractivity contribution in [2.75, 3.05) is 5.32 Å². The van der Waals surface area contributed by atoms with Crippen LogP contribution in [0.5, 0.6) is 0 Å². The molecule has 1 N–H and O–H groups in total. The number of rotatable bonds is 1. The Bertz CT molecular complexity index is 383. The van der Waals surface area contributed by atoms with E-state index in [0.717, 1.165) is 12.6 Å². The van der Waals surface area contributed by atoms with Crippen molar-refractivity contribution < 1.29 is 9.18 Å². The molecule has 5 heteroatoms. The van der Waals surface area contributed by atoms with Crippen LogP contribution in [0.15, 0.2) is 17.3 Å². The Morgan fingerprint density at radius 2 is 2.50 bits per heavy atom. The molecular formula is C9H9FN2OS. The summed E-state index contributed by atoms with van der Waals surface area (Å²) in [6, 6.07) is 1.29. The zero-order chi connectivity index (χ0) is 10.1. The number of pyridine rings is 1. The summed E-state index contributed by atoms with van der Waals surface area (Å²) in [7, 11) is 0. The summed E-state index contributed by atoms with van der Waals surface area (Å²) in [6.07, 6.45) is 1.91. The van der Waals surface area contributed by atoms with Gasteiger partial charge < -0.3 is 5.32 Å². The van der Waals surface area contributed by atoms with E-state index in [4.69, 9.17) is 0 Å². The molecule has 1 unspecified atom stereocenters. The number of halogens is 1. The normalized spacial score (nSPS) is 20.1. The van der Waals surface area contributed by atoms with E-state index >= 15 is 0 Å². The summed E-state index contributed by atoms with van der Waals surface area (Å²) in [5.74, 6) is -0.503. The number of thioether (sulfide) groups is 1. The first-order valence-corrected chi connectivity index (χ1v) is 5.21. The molecule has 1 aliphatic heterocycles. The highest BCUT2D eigenvalue weighted by atomic mass is 32.2. The highest BCUT2D eigenvalue weighted by Crippen LogP contribution is 2.35. The third-order valence-corrected chi connectivity index (χ3v) is 3.37. The summed E-state index contributed by atoms with van der Waals surface area (Å²) < 4.78 is 12.8. The maximum Gasteiger partial charge on any atom is 0.237 e. The molecule has 1 aromatic heterocycles. The number of carbonyl (C=O) groups excluding carboxylic acids is 1. The van der Waals surface area contributed by atoms with Crippen LogP contribution in [0.3, 0.4) is 0 Å². The first-order chi connectivity index (χ1) is 6.70. The zero-order valence-corrected chi connectivity index (χ0v) is 8.40. The molecule has 0 saturated heterocycles. The first-order valence-electron chi connectivity index (χ1n) is 4.33. The third kappa shape index (κ3) is 1.59. The van der Waals surface area contributed by atoms with Crippen molar-refractivity contribution in [2.24, 2.45) is 0 Å². The maximum atomic E-state index is 12.8. The van der Waals surface area contributed by atoms with Crippen LogP contribution >= 0.6 is 11.8 Å². The topological polar surface area (TPSA) is 42.0 Å². The molecule has 0 fully saturated rings. The van der Waals surface area contributed by atoms with Crippen LogP contribution in [0.2, 0.25) is 0 Å². The molecule has 1 amide bonds. The predicted octanol–water partition coefficient (Wildman–Crippen LogP) is 2.04. The minimum Gasteiger partial charge on any atom is -0.323 e. The van der Waals surface area contributed by atoms with Gasteiger partial charge in [-0.2, -0.15) is 0 Å². The Labute approximate surface area is 85.1 Å². The Morgan fingerprint density at radius 1 is 1.71 bits per heavy atom. The summed E-state index contributed by atoms with van der Waals surface area (Å²) in [5, 5.41) is 3.22.